The van der Waals surface area contributed by atoms with E-state index in [1.54, 1.807) is 12.1 Å². The smallest absolute Gasteiger partial charge is 0.172 e. The Bertz CT molecular complexity index is 610. The minimum Gasteiger partial charge on any atom is -0.494 e. The number of rotatable bonds is 6. The van der Waals surface area contributed by atoms with Crippen LogP contribution in [0.15, 0.2) is 36.4 Å². The van der Waals surface area contributed by atoms with Crippen LogP contribution in [0, 0.1) is 12.7 Å². The maximum Gasteiger partial charge on any atom is 0.172 e. The highest BCUT2D eigenvalue weighted by atomic mass is 19.1. The molecule has 0 bridgehead atoms. The zero-order chi connectivity index (χ0) is 15.2. The van der Waals surface area contributed by atoms with Gasteiger partial charge in [-0.25, -0.2) is 4.39 Å². The Morgan fingerprint density at radius 2 is 1.95 bits per heavy atom. The quantitative estimate of drug-likeness (QED) is 0.799. The monoisotopic (exact) mass is 287 g/mol. The van der Waals surface area contributed by atoms with E-state index in [1.807, 2.05) is 19.1 Å². The van der Waals surface area contributed by atoms with Gasteiger partial charge in [0.15, 0.2) is 11.6 Å². The molecule has 0 spiro atoms. The van der Waals surface area contributed by atoms with E-state index in [1.165, 1.54) is 7.11 Å². The maximum atomic E-state index is 14.5. The molecule has 112 valence electrons. The van der Waals surface area contributed by atoms with Gasteiger partial charge in [-0.3, -0.25) is 0 Å². The number of hydrogen-bond donors (Lipinski definition) is 1. The molecule has 0 aliphatic rings. The van der Waals surface area contributed by atoms with Crippen LogP contribution >= 0.6 is 0 Å². The molecule has 0 amide bonds. The molecule has 0 unspecified atom stereocenters. The van der Waals surface area contributed by atoms with Gasteiger partial charge in [0.1, 0.15) is 0 Å². The molecular weight excluding hydrogens is 265 g/mol. The summed E-state index contributed by atoms with van der Waals surface area (Å²) in [5.74, 6) is -0.0242. The van der Waals surface area contributed by atoms with Crippen molar-refractivity contribution in [1.82, 2.24) is 5.32 Å². The van der Waals surface area contributed by atoms with Gasteiger partial charge in [-0.05, 0) is 37.1 Å². The topological polar surface area (TPSA) is 21.3 Å². The Morgan fingerprint density at radius 1 is 1.14 bits per heavy atom. The Morgan fingerprint density at radius 3 is 2.67 bits per heavy atom. The lowest BCUT2D eigenvalue weighted by Crippen LogP contribution is -2.14. The number of nitrogens with one attached hydrogen (secondary N) is 1. The van der Waals surface area contributed by atoms with Crippen molar-refractivity contribution in [3.63, 3.8) is 0 Å². The molecule has 2 aromatic carbocycles. The normalized spacial score (nSPS) is 10.7. The van der Waals surface area contributed by atoms with Gasteiger partial charge in [-0.1, -0.05) is 42.8 Å². The number of ether oxygens (including phenoxy) is 1. The lowest BCUT2D eigenvalue weighted by atomic mass is 9.96. The lowest BCUT2D eigenvalue weighted by molar-refractivity contribution is 0.387. The summed E-state index contributed by atoms with van der Waals surface area (Å²) >= 11 is 0. The van der Waals surface area contributed by atoms with E-state index in [4.69, 9.17) is 4.74 Å². The molecule has 0 saturated carbocycles. The van der Waals surface area contributed by atoms with E-state index in [2.05, 4.69) is 24.4 Å². The first-order valence-corrected chi connectivity index (χ1v) is 7.30. The molecule has 0 fully saturated rings. The summed E-state index contributed by atoms with van der Waals surface area (Å²) < 4.78 is 19.6. The molecule has 0 heterocycles. The highest BCUT2D eigenvalue weighted by Crippen LogP contribution is 2.31. The van der Waals surface area contributed by atoms with E-state index < -0.39 is 0 Å². The van der Waals surface area contributed by atoms with Crippen molar-refractivity contribution in [2.24, 2.45) is 0 Å². The van der Waals surface area contributed by atoms with E-state index in [9.17, 15) is 4.39 Å². The van der Waals surface area contributed by atoms with Crippen LogP contribution in [-0.4, -0.2) is 13.7 Å². The molecule has 0 aromatic heterocycles. The minimum atomic E-state index is -0.303. The lowest BCUT2D eigenvalue weighted by Gasteiger charge is -2.14. The fourth-order valence-electron chi connectivity index (χ4n) is 2.37. The van der Waals surface area contributed by atoms with E-state index in [0.29, 0.717) is 5.56 Å². The number of hydrogen-bond acceptors (Lipinski definition) is 2. The highest BCUT2D eigenvalue weighted by Gasteiger charge is 2.13. The third-order valence-corrected chi connectivity index (χ3v) is 3.48. The second-order valence-corrected chi connectivity index (χ2v) is 5.16. The van der Waals surface area contributed by atoms with Crippen LogP contribution in [-0.2, 0) is 6.54 Å². The Labute approximate surface area is 126 Å². The molecule has 0 aliphatic carbocycles. The van der Waals surface area contributed by atoms with Crippen LogP contribution in [0.5, 0.6) is 5.75 Å². The number of aryl methyl sites for hydroxylation is 1. The van der Waals surface area contributed by atoms with Crippen LogP contribution in [0.4, 0.5) is 4.39 Å². The van der Waals surface area contributed by atoms with Crippen molar-refractivity contribution >= 4 is 0 Å². The zero-order valence-electron chi connectivity index (χ0n) is 12.9. The van der Waals surface area contributed by atoms with Crippen LogP contribution in [0.25, 0.3) is 11.1 Å². The Hall–Kier alpha value is -1.87. The average molecular weight is 287 g/mol. The molecule has 0 aliphatic heterocycles. The Balaban J connectivity index is 2.44. The first-order chi connectivity index (χ1) is 10.2. The molecule has 3 heteroatoms. The van der Waals surface area contributed by atoms with Gasteiger partial charge in [-0.2, -0.15) is 0 Å². The average Bonchev–Trinajstić information content (AvgIpc) is 2.49. The number of methoxy groups -OCH3 is 1. The molecule has 0 radical (unpaired) electrons. The molecule has 2 nitrogen and oxygen atoms in total. The zero-order valence-corrected chi connectivity index (χ0v) is 12.9. The van der Waals surface area contributed by atoms with Gasteiger partial charge in [0.2, 0.25) is 0 Å². The fourth-order valence-corrected chi connectivity index (χ4v) is 2.37. The third-order valence-electron chi connectivity index (χ3n) is 3.48. The first-order valence-electron chi connectivity index (χ1n) is 7.30. The molecule has 1 N–H and O–H groups in total. The molecule has 0 atom stereocenters. The first kappa shape index (κ1) is 15.5. The summed E-state index contributed by atoms with van der Waals surface area (Å²) in [7, 11) is 1.49. The minimum absolute atomic E-state index is 0.279. The largest absolute Gasteiger partial charge is 0.494 e. The van der Waals surface area contributed by atoms with Gasteiger partial charge < -0.3 is 10.1 Å². The predicted molar refractivity (Wildman–Crippen MR) is 85.1 cm³/mol. The third kappa shape index (κ3) is 3.61. The van der Waals surface area contributed by atoms with Crippen molar-refractivity contribution in [3.05, 3.63) is 53.3 Å². The second-order valence-electron chi connectivity index (χ2n) is 5.16. The van der Waals surface area contributed by atoms with E-state index in [-0.39, 0.29) is 11.6 Å². The van der Waals surface area contributed by atoms with E-state index in [0.717, 1.165) is 36.2 Å². The predicted octanol–water partition coefficient (Wildman–Crippen LogP) is 4.31. The summed E-state index contributed by atoms with van der Waals surface area (Å²) in [4.78, 5) is 0. The summed E-state index contributed by atoms with van der Waals surface area (Å²) in [6.45, 7) is 5.84. The van der Waals surface area contributed by atoms with Gasteiger partial charge >= 0.3 is 0 Å². The van der Waals surface area contributed by atoms with Gasteiger partial charge in [0.25, 0.3) is 0 Å². The van der Waals surface area contributed by atoms with Gasteiger partial charge in [0.05, 0.1) is 7.11 Å². The molecule has 2 aromatic rings. The Kier molecular flexibility index (Phi) is 5.34. The van der Waals surface area contributed by atoms with E-state index >= 15 is 0 Å². The summed E-state index contributed by atoms with van der Waals surface area (Å²) in [5, 5.41) is 3.38. The van der Waals surface area contributed by atoms with Crippen molar-refractivity contribution in [2.45, 2.75) is 26.8 Å². The van der Waals surface area contributed by atoms with Crippen molar-refractivity contribution in [3.8, 4) is 16.9 Å². The molecule has 2 rings (SSSR count). The van der Waals surface area contributed by atoms with Crippen molar-refractivity contribution in [2.75, 3.05) is 13.7 Å². The van der Waals surface area contributed by atoms with Crippen LogP contribution in [0.1, 0.15) is 24.5 Å². The molecule has 21 heavy (non-hydrogen) atoms. The summed E-state index contributed by atoms with van der Waals surface area (Å²) in [6.07, 6.45) is 1.08. The fraction of sp³-hybridized carbons (Fsp3) is 0.333. The highest BCUT2D eigenvalue weighted by molar-refractivity contribution is 5.70. The van der Waals surface area contributed by atoms with Crippen LogP contribution in [0.2, 0.25) is 0 Å². The second kappa shape index (κ2) is 7.23. The van der Waals surface area contributed by atoms with Crippen LogP contribution < -0.4 is 10.1 Å². The van der Waals surface area contributed by atoms with Gasteiger partial charge in [-0.15, -0.1) is 0 Å². The SMILES string of the molecule is CCCNCc1ccc(C)cc1-c1cccc(OC)c1F. The van der Waals surface area contributed by atoms with Crippen molar-refractivity contribution < 1.29 is 9.13 Å². The molecule has 0 saturated heterocycles. The molecular formula is C18H22FNO. The number of benzene rings is 2. The maximum absolute atomic E-state index is 14.5. The van der Waals surface area contributed by atoms with Crippen LogP contribution in [0.3, 0.4) is 0 Å². The van der Waals surface area contributed by atoms with Gasteiger partial charge in [0, 0.05) is 12.1 Å². The number of halogens is 1. The van der Waals surface area contributed by atoms with Crippen molar-refractivity contribution in [1.29, 1.82) is 0 Å². The standard InChI is InChI=1S/C18H22FNO/c1-4-10-20-12-14-9-8-13(2)11-16(14)15-6-5-7-17(21-3)18(15)19/h5-9,11,20H,4,10,12H2,1-3H3. The summed E-state index contributed by atoms with van der Waals surface area (Å²) in [5.41, 5.74) is 3.73. The summed E-state index contributed by atoms with van der Waals surface area (Å²) in [6, 6.07) is 11.4.